The fourth-order valence-electron chi connectivity index (χ4n) is 2.40. The molecule has 0 aliphatic heterocycles. The summed E-state index contributed by atoms with van der Waals surface area (Å²) in [5.74, 6) is 0.360. The molecule has 0 unspecified atom stereocenters. The molecule has 2 heterocycles. The van der Waals surface area contributed by atoms with E-state index in [1.54, 1.807) is 18.3 Å². The standard InChI is InChI=1S/C19H13FN4/c20-14-6-8-15(9-7-14)22-18-11-10-16-19(24-18)23-17(12-21-16)13-4-2-1-3-5-13/h1-12H,(H,22,23,24). The molecule has 0 aliphatic carbocycles. The Morgan fingerprint density at radius 2 is 1.58 bits per heavy atom. The Hall–Kier alpha value is -3.34. The molecule has 4 nitrogen and oxygen atoms in total. The largest absolute Gasteiger partial charge is 0.340 e. The number of benzene rings is 2. The minimum atomic E-state index is -0.273. The lowest BCUT2D eigenvalue weighted by molar-refractivity contribution is 0.628. The molecule has 0 saturated carbocycles. The summed E-state index contributed by atoms with van der Waals surface area (Å²) < 4.78 is 13.0. The van der Waals surface area contributed by atoms with Crippen LogP contribution in [0.4, 0.5) is 15.9 Å². The zero-order valence-electron chi connectivity index (χ0n) is 12.6. The quantitative estimate of drug-likeness (QED) is 0.601. The van der Waals surface area contributed by atoms with Crippen LogP contribution in [0.1, 0.15) is 0 Å². The summed E-state index contributed by atoms with van der Waals surface area (Å²) in [6.07, 6.45) is 1.74. The summed E-state index contributed by atoms with van der Waals surface area (Å²) in [6.45, 7) is 0. The number of anilines is 2. The monoisotopic (exact) mass is 316 g/mol. The number of rotatable bonds is 3. The van der Waals surface area contributed by atoms with E-state index in [1.807, 2.05) is 42.5 Å². The highest BCUT2D eigenvalue weighted by Gasteiger charge is 2.05. The molecule has 0 radical (unpaired) electrons. The van der Waals surface area contributed by atoms with Crippen molar-refractivity contribution in [1.82, 2.24) is 15.0 Å². The molecule has 116 valence electrons. The van der Waals surface area contributed by atoms with Crippen LogP contribution in [-0.2, 0) is 0 Å². The van der Waals surface area contributed by atoms with E-state index in [0.29, 0.717) is 11.5 Å². The molecule has 0 saturated heterocycles. The van der Waals surface area contributed by atoms with E-state index < -0.39 is 0 Å². The highest BCUT2D eigenvalue weighted by molar-refractivity contribution is 5.76. The molecule has 0 fully saturated rings. The summed E-state index contributed by atoms with van der Waals surface area (Å²) in [4.78, 5) is 13.5. The first-order chi connectivity index (χ1) is 11.8. The predicted octanol–water partition coefficient (Wildman–Crippen LogP) is 4.57. The van der Waals surface area contributed by atoms with E-state index in [4.69, 9.17) is 0 Å². The number of hydrogen-bond acceptors (Lipinski definition) is 4. The molecule has 0 aliphatic rings. The molecular weight excluding hydrogens is 303 g/mol. The molecule has 0 spiro atoms. The van der Waals surface area contributed by atoms with Gasteiger partial charge in [-0.2, -0.15) is 0 Å². The fraction of sp³-hybridized carbons (Fsp3) is 0. The van der Waals surface area contributed by atoms with Gasteiger partial charge in [-0.05, 0) is 36.4 Å². The average Bonchev–Trinajstić information content (AvgIpc) is 2.64. The van der Waals surface area contributed by atoms with Crippen molar-refractivity contribution >= 4 is 22.7 Å². The van der Waals surface area contributed by atoms with Gasteiger partial charge in [-0.25, -0.2) is 14.4 Å². The molecular formula is C19H13FN4. The summed E-state index contributed by atoms with van der Waals surface area (Å²) >= 11 is 0. The third-order valence-corrected chi connectivity index (χ3v) is 3.59. The van der Waals surface area contributed by atoms with Crippen LogP contribution in [0.3, 0.4) is 0 Å². The minimum Gasteiger partial charge on any atom is -0.340 e. The highest BCUT2D eigenvalue weighted by atomic mass is 19.1. The average molecular weight is 316 g/mol. The maximum atomic E-state index is 13.0. The Balaban J connectivity index is 1.69. The van der Waals surface area contributed by atoms with E-state index in [2.05, 4.69) is 20.3 Å². The Morgan fingerprint density at radius 1 is 0.792 bits per heavy atom. The number of nitrogens with zero attached hydrogens (tertiary/aromatic N) is 3. The molecule has 4 aromatic rings. The molecule has 1 N–H and O–H groups in total. The van der Waals surface area contributed by atoms with E-state index >= 15 is 0 Å². The van der Waals surface area contributed by atoms with Gasteiger partial charge in [0.15, 0.2) is 5.65 Å². The summed E-state index contributed by atoms with van der Waals surface area (Å²) in [5.41, 5.74) is 3.80. The van der Waals surface area contributed by atoms with E-state index in [1.165, 1.54) is 12.1 Å². The number of pyridine rings is 1. The Morgan fingerprint density at radius 3 is 2.38 bits per heavy atom. The van der Waals surface area contributed by atoms with Crippen molar-refractivity contribution in [1.29, 1.82) is 0 Å². The van der Waals surface area contributed by atoms with Gasteiger partial charge in [-0.3, -0.25) is 4.98 Å². The van der Waals surface area contributed by atoms with Crippen molar-refractivity contribution in [3.63, 3.8) is 0 Å². The van der Waals surface area contributed by atoms with E-state index in [9.17, 15) is 4.39 Å². The molecule has 0 bridgehead atoms. The third-order valence-electron chi connectivity index (χ3n) is 3.59. The first-order valence-electron chi connectivity index (χ1n) is 7.50. The second-order valence-corrected chi connectivity index (χ2v) is 5.29. The van der Waals surface area contributed by atoms with Gasteiger partial charge in [0.1, 0.15) is 17.2 Å². The summed E-state index contributed by atoms with van der Waals surface area (Å²) in [6, 6.07) is 19.6. The first kappa shape index (κ1) is 14.3. The van der Waals surface area contributed by atoms with Crippen molar-refractivity contribution in [3.8, 4) is 11.3 Å². The van der Waals surface area contributed by atoms with Crippen LogP contribution >= 0.6 is 0 Å². The van der Waals surface area contributed by atoms with Gasteiger partial charge in [0.05, 0.1) is 11.9 Å². The number of nitrogens with one attached hydrogen (secondary N) is 1. The number of hydrogen-bond donors (Lipinski definition) is 1. The van der Waals surface area contributed by atoms with Crippen LogP contribution in [-0.4, -0.2) is 15.0 Å². The van der Waals surface area contributed by atoms with E-state index in [0.717, 1.165) is 22.5 Å². The SMILES string of the molecule is Fc1ccc(Nc2ccc3ncc(-c4ccccc4)nc3n2)cc1. The Kier molecular flexibility index (Phi) is 3.59. The molecule has 24 heavy (non-hydrogen) atoms. The maximum Gasteiger partial charge on any atom is 0.180 e. The highest BCUT2D eigenvalue weighted by Crippen LogP contribution is 2.20. The second kappa shape index (κ2) is 6.04. The van der Waals surface area contributed by atoms with Gasteiger partial charge < -0.3 is 5.32 Å². The van der Waals surface area contributed by atoms with E-state index in [-0.39, 0.29) is 5.82 Å². The van der Waals surface area contributed by atoms with Crippen LogP contribution in [0.2, 0.25) is 0 Å². The number of fused-ring (bicyclic) bond motifs is 1. The summed E-state index contributed by atoms with van der Waals surface area (Å²) in [7, 11) is 0. The molecule has 4 rings (SSSR count). The molecule has 0 amide bonds. The molecule has 2 aromatic carbocycles. The topological polar surface area (TPSA) is 50.7 Å². The van der Waals surface area contributed by atoms with Crippen LogP contribution < -0.4 is 5.32 Å². The summed E-state index contributed by atoms with van der Waals surface area (Å²) in [5, 5.41) is 3.14. The third kappa shape index (κ3) is 2.92. The number of aromatic nitrogens is 3. The van der Waals surface area contributed by atoms with Crippen LogP contribution in [0.15, 0.2) is 72.9 Å². The second-order valence-electron chi connectivity index (χ2n) is 5.29. The number of halogens is 1. The van der Waals surface area contributed by atoms with Crippen LogP contribution in [0.25, 0.3) is 22.4 Å². The molecule has 0 atom stereocenters. The van der Waals surface area contributed by atoms with Gasteiger partial charge in [0.25, 0.3) is 0 Å². The van der Waals surface area contributed by atoms with Crippen molar-refractivity contribution in [3.05, 3.63) is 78.7 Å². The van der Waals surface area contributed by atoms with Gasteiger partial charge >= 0.3 is 0 Å². The smallest absolute Gasteiger partial charge is 0.180 e. The fourth-order valence-corrected chi connectivity index (χ4v) is 2.40. The van der Waals surface area contributed by atoms with Crippen molar-refractivity contribution in [2.45, 2.75) is 0 Å². The normalized spacial score (nSPS) is 10.7. The lowest BCUT2D eigenvalue weighted by atomic mass is 10.2. The zero-order valence-corrected chi connectivity index (χ0v) is 12.6. The first-order valence-corrected chi connectivity index (χ1v) is 7.50. The molecule has 5 heteroatoms. The molecule has 2 aromatic heterocycles. The Bertz CT molecular complexity index is 985. The maximum absolute atomic E-state index is 13.0. The Labute approximate surface area is 138 Å². The van der Waals surface area contributed by atoms with Gasteiger partial charge in [0, 0.05) is 11.3 Å². The lowest BCUT2D eigenvalue weighted by Crippen LogP contribution is -1.97. The minimum absolute atomic E-state index is 0.273. The van der Waals surface area contributed by atoms with Gasteiger partial charge in [-0.1, -0.05) is 30.3 Å². The zero-order chi connectivity index (χ0) is 16.4. The van der Waals surface area contributed by atoms with Crippen molar-refractivity contribution in [2.75, 3.05) is 5.32 Å². The van der Waals surface area contributed by atoms with Gasteiger partial charge in [0.2, 0.25) is 0 Å². The predicted molar refractivity (Wildman–Crippen MR) is 92.5 cm³/mol. The lowest BCUT2D eigenvalue weighted by Gasteiger charge is -2.07. The van der Waals surface area contributed by atoms with Crippen LogP contribution in [0, 0.1) is 5.82 Å². The van der Waals surface area contributed by atoms with Gasteiger partial charge in [-0.15, -0.1) is 0 Å². The van der Waals surface area contributed by atoms with Crippen LogP contribution in [0.5, 0.6) is 0 Å². The van der Waals surface area contributed by atoms with Crippen molar-refractivity contribution < 1.29 is 4.39 Å². The van der Waals surface area contributed by atoms with Crippen molar-refractivity contribution in [2.24, 2.45) is 0 Å².